The molecule has 6 rings (SSSR count). The Balaban J connectivity index is 1.36. The normalized spacial score (nSPS) is 32.9. The molecule has 0 spiro atoms. The molecule has 0 unspecified atom stereocenters. The minimum Gasteiger partial charge on any atom is -0.351 e. The number of nitrogens with zero attached hydrogens (tertiary/aromatic N) is 2. The molecule has 2 aromatic heterocycles. The van der Waals surface area contributed by atoms with Crippen molar-refractivity contribution in [3.63, 3.8) is 0 Å². The Bertz CT molecular complexity index is 866. The highest BCUT2D eigenvalue weighted by molar-refractivity contribution is 5.93. The van der Waals surface area contributed by atoms with Crippen LogP contribution in [0, 0.1) is 23.2 Å². The summed E-state index contributed by atoms with van der Waals surface area (Å²) in [6, 6.07) is 5.36. The first-order chi connectivity index (χ1) is 12.1. The number of rotatable bonds is 3. The average molecular weight is 337 g/mol. The van der Waals surface area contributed by atoms with Crippen LogP contribution in [0.1, 0.15) is 48.9 Å². The number of pyridine rings is 1. The molecule has 0 radical (unpaired) electrons. The van der Waals surface area contributed by atoms with Crippen LogP contribution in [0.5, 0.6) is 0 Å². The molecule has 4 bridgehead atoms. The summed E-state index contributed by atoms with van der Waals surface area (Å²) in [5.74, 6) is 2.29. The Morgan fingerprint density at radius 2 is 1.84 bits per heavy atom. The van der Waals surface area contributed by atoms with Gasteiger partial charge >= 0.3 is 0 Å². The summed E-state index contributed by atoms with van der Waals surface area (Å²) >= 11 is 0. The highest BCUT2D eigenvalue weighted by Crippen LogP contribution is 2.59. The van der Waals surface area contributed by atoms with E-state index in [4.69, 9.17) is 0 Å². The fourth-order valence-electron chi connectivity index (χ4n) is 6.05. The molecule has 2 aromatic rings. The van der Waals surface area contributed by atoms with E-state index in [2.05, 4.69) is 10.3 Å². The fourth-order valence-corrected chi connectivity index (χ4v) is 6.05. The minimum absolute atomic E-state index is 0.133. The Morgan fingerprint density at radius 1 is 1.16 bits per heavy atom. The molecular weight excluding hydrogens is 314 g/mol. The lowest BCUT2D eigenvalue weighted by Crippen LogP contribution is -2.51. The second kappa shape index (κ2) is 5.41. The number of hydrogen-bond donors (Lipinski definition) is 1. The molecule has 1 amide bonds. The first-order valence-corrected chi connectivity index (χ1v) is 9.36. The number of aromatic nitrogens is 2. The van der Waals surface area contributed by atoms with Crippen molar-refractivity contribution in [2.24, 2.45) is 23.2 Å². The molecule has 0 aliphatic heterocycles. The third-order valence-corrected chi connectivity index (χ3v) is 6.65. The van der Waals surface area contributed by atoms with Gasteiger partial charge in [-0.15, -0.1) is 0 Å². The Kier molecular flexibility index (Phi) is 3.27. The molecule has 0 aromatic carbocycles. The molecule has 4 saturated carbocycles. The van der Waals surface area contributed by atoms with Crippen molar-refractivity contribution in [2.45, 2.75) is 38.5 Å². The van der Waals surface area contributed by atoms with E-state index in [1.165, 1.54) is 49.1 Å². The zero-order valence-electron chi connectivity index (χ0n) is 14.3. The van der Waals surface area contributed by atoms with Gasteiger partial charge in [0.1, 0.15) is 11.2 Å². The van der Waals surface area contributed by atoms with Gasteiger partial charge in [0.05, 0.1) is 0 Å². The molecule has 0 saturated heterocycles. The molecule has 2 heterocycles. The van der Waals surface area contributed by atoms with Gasteiger partial charge in [0.15, 0.2) is 0 Å². The maximum Gasteiger partial charge on any atom is 0.270 e. The van der Waals surface area contributed by atoms with Crippen LogP contribution in [-0.2, 0) is 0 Å². The predicted octanol–water partition coefficient (Wildman–Crippen LogP) is 2.64. The number of nitrogens with one attached hydrogen (secondary N) is 1. The molecular formula is C20H23N3O2. The second-order valence-electron chi connectivity index (χ2n) is 8.51. The van der Waals surface area contributed by atoms with E-state index >= 15 is 0 Å². The van der Waals surface area contributed by atoms with Gasteiger partial charge in [-0.25, -0.2) is 4.98 Å². The van der Waals surface area contributed by atoms with Crippen LogP contribution in [0.25, 0.3) is 5.65 Å². The lowest BCUT2D eigenvalue weighted by Gasteiger charge is -2.56. The van der Waals surface area contributed by atoms with E-state index < -0.39 is 0 Å². The Labute approximate surface area is 146 Å². The molecule has 25 heavy (non-hydrogen) atoms. The molecule has 1 N–H and O–H groups in total. The van der Waals surface area contributed by atoms with E-state index in [0.717, 1.165) is 17.8 Å². The van der Waals surface area contributed by atoms with Gasteiger partial charge in [0.2, 0.25) is 0 Å². The lowest BCUT2D eigenvalue weighted by molar-refractivity contribution is -0.0503. The number of carbonyl (C=O) groups excluding carboxylic acids is 1. The smallest absolute Gasteiger partial charge is 0.270 e. The number of carbonyl (C=O) groups is 1. The van der Waals surface area contributed by atoms with E-state index in [1.54, 1.807) is 18.3 Å². The quantitative estimate of drug-likeness (QED) is 0.936. The highest BCUT2D eigenvalue weighted by atomic mass is 16.2. The van der Waals surface area contributed by atoms with Crippen molar-refractivity contribution in [2.75, 3.05) is 6.54 Å². The Morgan fingerprint density at radius 3 is 2.52 bits per heavy atom. The van der Waals surface area contributed by atoms with Crippen LogP contribution in [-0.4, -0.2) is 21.8 Å². The number of hydrogen-bond acceptors (Lipinski definition) is 3. The third-order valence-electron chi connectivity index (χ3n) is 6.65. The van der Waals surface area contributed by atoms with Crippen LogP contribution >= 0.6 is 0 Å². The summed E-state index contributed by atoms with van der Waals surface area (Å²) in [5, 5.41) is 3.07. The van der Waals surface area contributed by atoms with Gasteiger partial charge < -0.3 is 5.32 Å². The fraction of sp³-hybridized carbons (Fsp3) is 0.550. The number of amides is 1. The van der Waals surface area contributed by atoms with Crippen LogP contribution in [0.4, 0.5) is 0 Å². The summed E-state index contributed by atoms with van der Waals surface area (Å²) in [6.07, 6.45) is 11.0. The van der Waals surface area contributed by atoms with Crippen molar-refractivity contribution in [1.29, 1.82) is 0 Å². The van der Waals surface area contributed by atoms with Gasteiger partial charge in [0.25, 0.3) is 11.5 Å². The average Bonchev–Trinajstić information content (AvgIpc) is 2.59. The van der Waals surface area contributed by atoms with Crippen molar-refractivity contribution in [3.05, 3.63) is 46.5 Å². The van der Waals surface area contributed by atoms with Gasteiger partial charge in [-0.2, -0.15) is 0 Å². The molecule has 0 atom stereocenters. The summed E-state index contributed by atoms with van der Waals surface area (Å²) in [6.45, 7) is 0.701. The number of fused-ring (bicyclic) bond motifs is 1. The predicted molar refractivity (Wildman–Crippen MR) is 94.4 cm³/mol. The SMILES string of the molecule is O=C(NCC12CC3CC(CC(C3)C1)C2)c1cnc2ccccn2c1=O. The van der Waals surface area contributed by atoms with Crippen LogP contribution in [0.15, 0.2) is 35.4 Å². The van der Waals surface area contributed by atoms with Gasteiger partial charge in [0, 0.05) is 18.9 Å². The maximum absolute atomic E-state index is 12.6. The van der Waals surface area contributed by atoms with E-state index in [1.807, 2.05) is 6.07 Å². The van der Waals surface area contributed by atoms with E-state index in [-0.39, 0.29) is 22.4 Å². The van der Waals surface area contributed by atoms with Crippen LogP contribution < -0.4 is 10.9 Å². The molecule has 4 aliphatic rings. The van der Waals surface area contributed by atoms with Gasteiger partial charge in [-0.1, -0.05) is 6.07 Å². The van der Waals surface area contributed by atoms with Gasteiger partial charge in [-0.3, -0.25) is 14.0 Å². The first kappa shape index (κ1) is 15.1. The van der Waals surface area contributed by atoms with E-state index in [9.17, 15) is 9.59 Å². The summed E-state index contributed by atoms with van der Waals surface area (Å²) in [4.78, 5) is 29.4. The van der Waals surface area contributed by atoms with Crippen molar-refractivity contribution < 1.29 is 4.79 Å². The highest BCUT2D eigenvalue weighted by Gasteiger charge is 2.50. The molecule has 4 aliphatic carbocycles. The summed E-state index contributed by atoms with van der Waals surface area (Å²) < 4.78 is 1.43. The van der Waals surface area contributed by atoms with E-state index in [0.29, 0.717) is 12.2 Å². The van der Waals surface area contributed by atoms with Crippen molar-refractivity contribution in [3.8, 4) is 0 Å². The largest absolute Gasteiger partial charge is 0.351 e. The van der Waals surface area contributed by atoms with Crippen LogP contribution in [0.2, 0.25) is 0 Å². The third kappa shape index (κ3) is 2.48. The van der Waals surface area contributed by atoms with Crippen molar-refractivity contribution >= 4 is 11.6 Å². The zero-order chi connectivity index (χ0) is 17.0. The summed E-state index contributed by atoms with van der Waals surface area (Å²) in [7, 11) is 0. The molecule has 5 heteroatoms. The molecule has 5 nitrogen and oxygen atoms in total. The maximum atomic E-state index is 12.6. The molecule has 130 valence electrons. The first-order valence-electron chi connectivity index (χ1n) is 9.36. The zero-order valence-corrected chi connectivity index (χ0v) is 14.3. The monoisotopic (exact) mass is 337 g/mol. The molecule has 4 fully saturated rings. The standard InChI is InChI=1S/C20H23N3O2/c24-18(16-11-21-17-3-1-2-4-23(17)19(16)25)22-12-20-8-13-5-14(9-20)7-15(6-13)10-20/h1-4,11,13-15H,5-10,12H2,(H,22,24). The van der Waals surface area contributed by atoms with Crippen molar-refractivity contribution in [1.82, 2.24) is 14.7 Å². The minimum atomic E-state index is -0.298. The Hall–Kier alpha value is -2.17. The van der Waals surface area contributed by atoms with Crippen LogP contribution in [0.3, 0.4) is 0 Å². The van der Waals surface area contributed by atoms with Gasteiger partial charge in [-0.05, 0) is 73.8 Å². The second-order valence-corrected chi connectivity index (χ2v) is 8.51. The lowest BCUT2D eigenvalue weighted by atomic mass is 9.49. The topological polar surface area (TPSA) is 63.5 Å². The summed E-state index contributed by atoms with van der Waals surface area (Å²) in [5.41, 5.74) is 0.664.